The molecule has 4 rings (SSSR count). The van der Waals surface area contributed by atoms with Gasteiger partial charge >= 0.3 is 0 Å². The Bertz CT molecular complexity index is 1060. The summed E-state index contributed by atoms with van der Waals surface area (Å²) in [5, 5.41) is 9.43. The van der Waals surface area contributed by atoms with Gasteiger partial charge < -0.3 is 9.47 Å². The number of rotatable bonds is 6. The zero-order chi connectivity index (χ0) is 20.2. The van der Waals surface area contributed by atoms with Gasteiger partial charge in [0.25, 0.3) is 0 Å². The van der Waals surface area contributed by atoms with Crippen molar-refractivity contribution in [1.82, 2.24) is 24.1 Å². The van der Waals surface area contributed by atoms with Crippen molar-refractivity contribution in [2.45, 2.75) is 58.3 Å². The Hall–Kier alpha value is -1.52. The third-order valence-electron chi connectivity index (χ3n) is 5.94. The summed E-state index contributed by atoms with van der Waals surface area (Å²) < 4.78 is 30.4. The van der Waals surface area contributed by atoms with Crippen LogP contribution in [0.15, 0.2) is 0 Å². The lowest BCUT2D eigenvalue weighted by Crippen LogP contribution is -3.07. The highest BCUT2D eigenvalue weighted by atomic mass is 32.2. The quantitative estimate of drug-likeness (QED) is 0.689. The monoisotopic (exact) mass is 425 g/mol. The van der Waals surface area contributed by atoms with Crippen molar-refractivity contribution in [3.8, 4) is 0 Å². The van der Waals surface area contributed by atoms with Gasteiger partial charge in [0.05, 0.1) is 35.9 Å². The van der Waals surface area contributed by atoms with Gasteiger partial charge in [-0.3, -0.25) is 4.68 Å². The van der Waals surface area contributed by atoms with Gasteiger partial charge in [-0.25, -0.2) is 8.42 Å². The summed E-state index contributed by atoms with van der Waals surface area (Å²) in [7, 11) is 1.20. The van der Waals surface area contributed by atoms with Crippen molar-refractivity contribution in [1.29, 1.82) is 0 Å². The summed E-state index contributed by atoms with van der Waals surface area (Å²) in [5.41, 5.74) is 3.23. The molecule has 1 aliphatic carbocycles. The Balaban J connectivity index is 1.50. The molecule has 1 aliphatic heterocycles. The van der Waals surface area contributed by atoms with E-state index in [1.54, 1.807) is 0 Å². The van der Waals surface area contributed by atoms with Gasteiger partial charge in [0, 0.05) is 18.7 Å². The van der Waals surface area contributed by atoms with E-state index in [9.17, 15) is 8.42 Å². The topological polar surface area (TPSA) is 79.2 Å². The number of hydrogen-bond acceptors (Lipinski definition) is 5. The Morgan fingerprint density at radius 3 is 2.54 bits per heavy atom. The number of sulfone groups is 1. The number of aryl methyl sites for hydroxylation is 1. The first-order valence-electron chi connectivity index (χ1n) is 9.86. The molecule has 3 heterocycles. The molecule has 28 heavy (non-hydrogen) atoms. The van der Waals surface area contributed by atoms with Gasteiger partial charge in [-0.2, -0.15) is 14.9 Å². The summed E-state index contributed by atoms with van der Waals surface area (Å²) in [4.78, 5) is 1.27. The van der Waals surface area contributed by atoms with E-state index in [1.807, 2.05) is 34.8 Å². The van der Waals surface area contributed by atoms with E-state index in [2.05, 4.69) is 12.1 Å². The number of aromatic nitrogens is 5. The molecule has 0 bridgehead atoms. The fraction of sp³-hybridized carbons (Fsp3) is 0.722. The van der Waals surface area contributed by atoms with Crippen molar-refractivity contribution >= 4 is 22.1 Å². The second kappa shape index (κ2) is 7.07. The smallest absolute Gasteiger partial charge is 0.202 e. The Labute approximate surface area is 171 Å². The van der Waals surface area contributed by atoms with Crippen molar-refractivity contribution in [3.05, 3.63) is 27.5 Å². The average molecular weight is 426 g/mol. The van der Waals surface area contributed by atoms with Gasteiger partial charge in [0.2, 0.25) is 4.77 Å². The van der Waals surface area contributed by atoms with Crippen LogP contribution in [-0.2, 0) is 30.1 Å². The van der Waals surface area contributed by atoms with E-state index < -0.39 is 9.84 Å². The number of hydrogen-bond donors (Lipinski definition) is 1. The molecular formula is C18H29N6O2S2+. The average Bonchev–Trinajstić information content (AvgIpc) is 3.29. The molecule has 1 saturated carbocycles. The maximum absolute atomic E-state index is 11.8. The molecule has 10 heteroatoms. The van der Waals surface area contributed by atoms with Crippen LogP contribution in [0.2, 0.25) is 0 Å². The summed E-state index contributed by atoms with van der Waals surface area (Å²) in [5.74, 6) is 2.13. The number of quaternary nitrogens is 1. The molecule has 154 valence electrons. The van der Waals surface area contributed by atoms with Crippen LogP contribution in [0.25, 0.3) is 0 Å². The lowest BCUT2D eigenvalue weighted by molar-refractivity contribution is -0.917. The first kappa shape index (κ1) is 19.8. The minimum absolute atomic E-state index is 0.0386. The van der Waals surface area contributed by atoms with Crippen molar-refractivity contribution in [2.75, 3.05) is 18.6 Å². The normalized spacial score (nSPS) is 22.6. The maximum Gasteiger partial charge on any atom is 0.202 e. The van der Waals surface area contributed by atoms with Crippen LogP contribution >= 0.6 is 12.2 Å². The molecule has 1 saturated heterocycles. The molecule has 1 unspecified atom stereocenters. The minimum atomic E-state index is -2.93. The first-order chi connectivity index (χ1) is 13.2. The third kappa shape index (κ3) is 3.69. The van der Waals surface area contributed by atoms with Gasteiger partial charge in [-0.05, 0) is 45.3 Å². The van der Waals surface area contributed by atoms with E-state index in [1.165, 1.54) is 23.3 Å². The van der Waals surface area contributed by atoms with Crippen LogP contribution in [0, 0.1) is 18.6 Å². The van der Waals surface area contributed by atoms with Crippen LogP contribution in [0.3, 0.4) is 0 Å². The molecule has 1 N–H and O–H groups in total. The fourth-order valence-electron chi connectivity index (χ4n) is 4.19. The molecule has 2 aliphatic rings. The largest absolute Gasteiger partial charge is 0.315 e. The van der Waals surface area contributed by atoms with Gasteiger partial charge in [-0.15, -0.1) is 0 Å². The zero-order valence-electron chi connectivity index (χ0n) is 17.0. The van der Waals surface area contributed by atoms with Crippen LogP contribution < -0.4 is 4.90 Å². The highest BCUT2D eigenvalue weighted by Gasteiger charge is 2.32. The van der Waals surface area contributed by atoms with Crippen LogP contribution in [0.5, 0.6) is 0 Å². The molecule has 2 fully saturated rings. The van der Waals surface area contributed by atoms with E-state index in [0.717, 1.165) is 28.5 Å². The summed E-state index contributed by atoms with van der Waals surface area (Å²) >= 11 is 5.57. The van der Waals surface area contributed by atoms with Crippen molar-refractivity contribution in [2.24, 2.45) is 7.05 Å². The highest BCUT2D eigenvalue weighted by molar-refractivity contribution is 7.91. The summed E-state index contributed by atoms with van der Waals surface area (Å²) in [6, 6.07) is -0.0386. The van der Waals surface area contributed by atoms with Gasteiger partial charge in [-0.1, -0.05) is 0 Å². The Morgan fingerprint density at radius 2 is 1.93 bits per heavy atom. The van der Waals surface area contributed by atoms with Crippen molar-refractivity contribution in [3.63, 3.8) is 0 Å². The highest BCUT2D eigenvalue weighted by Crippen LogP contribution is 2.38. The van der Waals surface area contributed by atoms with Crippen LogP contribution in [-0.4, -0.2) is 51.1 Å². The van der Waals surface area contributed by atoms with E-state index in [0.29, 0.717) is 19.0 Å². The molecule has 0 amide bonds. The molecule has 2 aromatic heterocycles. The molecule has 2 aromatic rings. The second-order valence-corrected chi connectivity index (χ2v) is 11.0. The predicted molar refractivity (Wildman–Crippen MR) is 109 cm³/mol. The maximum atomic E-state index is 11.8. The number of nitrogens with zero attached hydrogens (tertiary/aromatic N) is 5. The predicted octanol–water partition coefficient (Wildman–Crippen LogP) is 0.674. The van der Waals surface area contributed by atoms with E-state index in [4.69, 9.17) is 17.3 Å². The molecule has 0 aromatic carbocycles. The minimum Gasteiger partial charge on any atom is -0.315 e. The molecule has 0 radical (unpaired) electrons. The number of nitrogens with one attached hydrogen (secondary N) is 1. The van der Waals surface area contributed by atoms with Gasteiger partial charge in [0.15, 0.2) is 16.5 Å². The molecular weight excluding hydrogens is 396 g/mol. The summed E-state index contributed by atoms with van der Waals surface area (Å²) in [6.45, 7) is 5.55. The van der Waals surface area contributed by atoms with Crippen LogP contribution in [0.1, 0.15) is 54.0 Å². The first-order valence-corrected chi connectivity index (χ1v) is 12.1. The fourth-order valence-corrected chi connectivity index (χ4v) is 6.09. The third-order valence-corrected chi connectivity index (χ3v) is 8.18. The van der Waals surface area contributed by atoms with Crippen molar-refractivity contribution < 1.29 is 13.3 Å². The Kier molecular flexibility index (Phi) is 4.99. The second-order valence-electron chi connectivity index (χ2n) is 8.42. The lowest BCUT2D eigenvalue weighted by Gasteiger charge is -2.15. The Morgan fingerprint density at radius 1 is 1.21 bits per heavy atom. The zero-order valence-corrected chi connectivity index (χ0v) is 18.6. The summed E-state index contributed by atoms with van der Waals surface area (Å²) in [6.07, 6.45) is 3.06. The van der Waals surface area contributed by atoms with E-state index >= 15 is 0 Å². The standard InChI is InChI=1S/C18H28N6O2S2/c1-12-16(13(2)24(19-12)15-7-8-28(25,26)10-15)9-21(3)11-23-18(27)22(4)17(20-23)14-5-6-14/h14-15H,5-11H2,1-4H3/p+1/t15-/m0/s1. The molecule has 0 spiro atoms. The van der Waals surface area contributed by atoms with E-state index in [-0.39, 0.29) is 17.5 Å². The molecule has 8 nitrogen and oxygen atoms in total. The van der Waals surface area contributed by atoms with Gasteiger partial charge in [0.1, 0.15) is 12.4 Å². The molecule has 2 atom stereocenters. The SMILES string of the molecule is Cc1nn([C@H]2CCS(=O)(=O)C2)c(C)c1C[NH+](C)Cn1nc(C2CC2)n(C)c1=S. The lowest BCUT2D eigenvalue weighted by atomic mass is 10.2. The van der Waals surface area contributed by atoms with Crippen LogP contribution in [0.4, 0.5) is 0 Å².